The summed E-state index contributed by atoms with van der Waals surface area (Å²) in [4.78, 5) is 137. The molecular weight excluding hydrogens is 1660 g/mol. The Labute approximate surface area is 748 Å². The van der Waals surface area contributed by atoms with Gasteiger partial charge in [0.2, 0.25) is 17.7 Å². The minimum atomic E-state index is -0.611. The highest BCUT2D eigenvalue weighted by Crippen LogP contribution is 2.44. The van der Waals surface area contributed by atoms with Gasteiger partial charge in [-0.05, 0) is 203 Å². The van der Waals surface area contributed by atoms with Crippen molar-refractivity contribution in [3.05, 3.63) is 232 Å². The predicted octanol–water partition coefficient (Wildman–Crippen LogP) is 17.8. The lowest BCUT2D eigenvalue weighted by molar-refractivity contribution is -0.129. The summed E-state index contributed by atoms with van der Waals surface area (Å²) in [7, 11) is 0. The number of anilines is 4. The molecule has 4 aliphatic heterocycles. The average Bonchev–Trinajstić information content (AvgIpc) is 0.739. The lowest BCUT2D eigenvalue weighted by atomic mass is 9.90. The van der Waals surface area contributed by atoms with Gasteiger partial charge >= 0.3 is 17.1 Å². The Hall–Kier alpha value is -11.3. The smallest absolute Gasteiger partial charge is 0.350 e. The van der Waals surface area contributed by atoms with E-state index in [1.165, 1.54) is 34.9 Å². The summed E-state index contributed by atoms with van der Waals surface area (Å²) in [5, 5.41) is 2.96. The molecule has 6 atom stereocenters. The Balaban J connectivity index is 0.000000161. The number of piperazine rings is 3. The van der Waals surface area contributed by atoms with Gasteiger partial charge in [0.1, 0.15) is 29.1 Å². The van der Waals surface area contributed by atoms with E-state index in [1.807, 2.05) is 147 Å². The maximum atomic E-state index is 14.5. The third-order valence-corrected chi connectivity index (χ3v) is 25.6. The molecule has 6 unspecified atom stereocenters. The molecule has 25 nitrogen and oxygen atoms in total. The van der Waals surface area contributed by atoms with Gasteiger partial charge in [0.15, 0.2) is 16.9 Å². The number of hydrogen-bond donors (Lipinski definition) is 0. The predicted molar refractivity (Wildman–Crippen MR) is 501 cm³/mol. The van der Waals surface area contributed by atoms with Crippen LogP contribution in [0.5, 0.6) is 0 Å². The summed E-state index contributed by atoms with van der Waals surface area (Å²) in [6.45, 7) is 51.0. The fourth-order valence-electron chi connectivity index (χ4n) is 17.7. The fourth-order valence-corrected chi connectivity index (χ4v) is 18.7. The van der Waals surface area contributed by atoms with Crippen molar-refractivity contribution >= 4 is 120 Å². The van der Waals surface area contributed by atoms with Crippen LogP contribution in [0, 0.1) is 33.5 Å². The van der Waals surface area contributed by atoms with Gasteiger partial charge in [-0.15, -0.1) is 0 Å². The summed E-state index contributed by atoms with van der Waals surface area (Å²) in [5.74, 6) is 1.25. The molecule has 11 aromatic rings. The second kappa shape index (κ2) is 37.1. The van der Waals surface area contributed by atoms with E-state index >= 15 is 0 Å². The average molecular weight is 1770 g/mol. The molecule has 30 heteroatoms. The van der Waals surface area contributed by atoms with Crippen molar-refractivity contribution in [1.29, 1.82) is 0 Å². The summed E-state index contributed by atoms with van der Waals surface area (Å²) in [6, 6.07) is 22.7. The van der Waals surface area contributed by atoms with Crippen LogP contribution in [0.4, 0.5) is 27.7 Å². The zero-order valence-electron chi connectivity index (χ0n) is 74.2. The van der Waals surface area contributed by atoms with Crippen LogP contribution in [-0.2, 0) is 14.4 Å². The number of benzene rings is 2. The van der Waals surface area contributed by atoms with Crippen LogP contribution in [-0.4, -0.2) is 179 Å². The number of piperidine rings is 1. The monoisotopic (exact) mass is 1770 g/mol. The molecule has 0 bridgehead atoms. The number of fused-ring (bicyclic) bond motifs is 3. The van der Waals surface area contributed by atoms with Gasteiger partial charge in [0, 0.05) is 117 Å². The molecule has 4 fully saturated rings. The van der Waals surface area contributed by atoms with Crippen molar-refractivity contribution in [1.82, 2.24) is 73.3 Å². The lowest BCUT2D eigenvalue weighted by Crippen LogP contribution is -2.58. The summed E-state index contributed by atoms with van der Waals surface area (Å²) in [6.07, 6.45) is 12.5. The second-order valence-corrected chi connectivity index (χ2v) is 36.3. The van der Waals surface area contributed by atoms with Gasteiger partial charge in [-0.2, -0.15) is 15.0 Å². The van der Waals surface area contributed by atoms with Gasteiger partial charge in [0.05, 0.1) is 81.8 Å². The molecule has 13 heterocycles. The number of rotatable bonds is 15. The second-order valence-electron chi connectivity index (χ2n) is 34.7. The van der Waals surface area contributed by atoms with Crippen LogP contribution in [0.25, 0.3) is 72.7 Å². The molecule has 3 amide bonds. The molecule has 4 saturated heterocycles. The van der Waals surface area contributed by atoms with E-state index in [0.29, 0.717) is 134 Å². The highest BCUT2D eigenvalue weighted by Gasteiger charge is 2.40. The molecule has 125 heavy (non-hydrogen) atoms. The zero-order valence-corrected chi connectivity index (χ0v) is 77.2. The Bertz CT molecular complexity index is 6310. The van der Waals surface area contributed by atoms with E-state index < -0.39 is 22.9 Å². The molecule has 654 valence electrons. The van der Waals surface area contributed by atoms with E-state index in [-0.39, 0.29) is 98.7 Å². The molecular formula is C95H108Cl4FN19O6. The number of carbonyl (C=O) groups is 3. The Morgan fingerprint density at radius 1 is 0.440 bits per heavy atom. The number of amides is 3. The number of nitrogens with zero attached hydrogens (tertiary/aromatic N) is 19. The molecule has 0 saturated carbocycles. The minimum Gasteiger partial charge on any atom is -0.350 e. The first-order valence-corrected chi connectivity index (χ1v) is 44.0. The number of carbonyl (C=O) groups excluding carboxylic acids is 3. The molecule has 0 spiro atoms. The van der Waals surface area contributed by atoms with E-state index in [1.54, 1.807) is 49.7 Å². The van der Waals surface area contributed by atoms with Gasteiger partial charge < -0.3 is 34.3 Å². The van der Waals surface area contributed by atoms with E-state index in [2.05, 4.69) is 101 Å². The van der Waals surface area contributed by atoms with Crippen molar-refractivity contribution in [3.63, 3.8) is 0 Å². The maximum absolute atomic E-state index is 14.5. The van der Waals surface area contributed by atoms with E-state index in [0.717, 1.165) is 65.0 Å². The van der Waals surface area contributed by atoms with Crippen LogP contribution >= 0.6 is 46.4 Å². The molecule has 2 aromatic carbocycles. The first-order valence-electron chi connectivity index (χ1n) is 42.5. The highest BCUT2D eigenvalue weighted by molar-refractivity contribution is 6.37. The standard InChI is InChI=1S/C32H42ClN7O2.C32H35ClN6O2.C31H31Cl2FN6O2/c1-9-25(41)37-17-22(6)38(18-21(37)5)28-23-16-24(33)30(39-15-11-10-13-32(39,7)8)35-29(23)40(31(42)36-28)27-20(4)12-14-34-26(27)19(2)3;1-8-26(40)37-16-22(7)38(17-21(37)6)30-24-15-25(33)28(23-12-10-9-11-19(23)4)35-31(24)39(32(41)36-30)29-20(5)13-14-34-27(29)18(2)3;1-7-24(41)38-14-19(6)39(15-18(38)5)29-21-13-22(32)27(20-9-8-10-23(34)25(20)33)36-30(21)40(31(42)37-29)28-17(4)11-12-35-26(28)16(2)3/h9,12,14,16,19,21-22H,1,10-11,13,15,17-18H2,2-8H3;8-15,18,21-22H,1,16-17H2,2-7H3;7-13,16,18-19H,1,14-15H2,2-6H3. The molecule has 0 radical (unpaired) electrons. The first kappa shape index (κ1) is 91.4. The van der Waals surface area contributed by atoms with Crippen molar-refractivity contribution in [3.8, 4) is 39.6 Å². The van der Waals surface area contributed by atoms with Crippen molar-refractivity contribution in [2.75, 3.05) is 65.4 Å². The Kier molecular flexibility index (Phi) is 27.1. The van der Waals surface area contributed by atoms with E-state index in [9.17, 15) is 33.2 Å². The Morgan fingerprint density at radius 3 is 1.15 bits per heavy atom. The SMILES string of the molecule is C=CC(=O)N1CC(C)N(c2nc(=O)n(-c3c(C)ccnc3C(C)C)c3nc(-c4cccc(F)c4Cl)c(Cl)cc23)CC1C.C=CC(=O)N1CC(C)N(c2nc(=O)n(-c3c(C)ccnc3C(C)C)c3nc(-c4ccccc4C)c(Cl)cc23)CC1C.C=CC(=O)N1CC(C)N(c2nc(=O)n(-c3c(C)ccnc3C(C)C)c3nc(N4CCCCC4(C)C)c(Cl)cc23)CC1C. The normalized spacial score (nSPS) is 18.5. The molecule has 0 N–H and O–H groups in total. The number of aryl methyl sites for hydroxylation is 4. The van der Waals surface area contributed by atoms with Gasteiger partial charge in [-0.25, -0.2) is 47.4 Å². The van der Waals surface area contributed by atoms with E-state index in [4.69, 9.17) is 66.3 Å². The third kappa shape index (κ3) is 17.6. The molecule has 4 aliphatic rings. The van der Waals surface area contributed by atoms with Gasteiger partial charge in [0.25, 0.3) is 0 Å². The number of aromatic nitrogens is 12. The molecule has 9 aromatic heterocycles. The van der Waals surface area contributed by atoms with Crippen molar-refractivity contribution < 1.29 is 18.8 Å². The van der Waals surface area contributed by atoms with Crippen LogP contribution in [0.2, 0.25) is 20.1 Å². The molecule has 0 aliphatic carbocycles. The zero-order chi connectivity index (χ0) is 90.5. The largest absolute Gasteiger partial charge is 0.355 e. The topological polar surface area (TPSA) is 256 Å². The van der Waals surface area contributed by atoms with Crippen LogP contribution < -0.4 is 36.7 Å². The summed E-state index contributed by atoms with van der Waals surface area (Å²) >= 11 is 27.2. The van der Waals surface area contributed by atoms with Crippen molar-refractivity contribution in [2.24, 2.45) is 0 Å². The van der Waals surface area contributed by atoms with Gasteiger partial charge in [-0.3, -0.25) is 29.3 Å². The number of halogens is 5. The Morgan fingerprint density at radius 2 is 0.792 bits per heavy atom. The lowest BCUT2D eigenvalue weighted by Gasteiger charge is -2.45. The first-order chi connectivity index (χ1) is 59.3. The number of hydrogen-bond acceptors (Lipinski definition) is 19. The number of pyridine rings is 6. The van der Waals surface area contributed by atoms with Crippen LogP contribution in [0.15, 0.2) is 150 Å². The maximum Gasteiger partial charge on any atom is 0.355 e. The minimum absolute atomic E-state index is 0.0118. The molecule has 15 rings (SSSR count). The third-order valence-electron chi connectivity index (χ3n) is 24.3. The summed E-state index contributed by atoms with van der Waals surface area (Å²) in [5.41, 5.74) is 9.65. The van der Waals surface area contributed by atoms with Crippen LogP contribution in [0.3, 0.4) is 0 Å². The highest BCUT2D eigenvalue weighted by atomic mass is 35.5. The summed E-state index contributed by atoms with van der Waals surface area (Å²) < 4.78 is 19.2. The quantitative estimate of drug-likeness (QED) is 0.0864. The van der Waals surface area contributed by atoms with Gasteiger partial charge in [-0.1, -0.05) is 144 Å². The fraction of sp³-hybridized carbons (Fsp3) is 0.400. The van der Waals surface area contributed by atoms with Crippen molar-refractivity contribution in [2.45, 2.75) is 203 Å². The van der Waals surface area contributed by atoms with Crippen LogP contribution in [0.1, 0.15) is 173 Å².